The van der Waals surface area contributed by atoms with Crippen molar-refractivity contribution in [2.24, 2.45) is 0 Å². The van der Waals surface area contributed by atoms with Crippen LogP contribution in [0.4, 0.5) is 5.69 Å². The summed E-state index contributed by atoms with van der Waals surface area (Å²) in [6, 6.07) is 1.56. The van der Waals surface area contributed by atoms with Gasteiger partial charge in [0.2, 0.25) is 0 Å². The van der Waals surface area contributed by atoms with Crippen LogP contribution in [0.3, 0.4) is 0 Å². The van der Waals surface area contributed by atoms with E-state index in [4.69, 9.17) is 0 Å². The molecule has 2 aromatic heterocycles. The number of aromatic nitrogens is 3. The summed E-state index contributed by atoms with van der Waals surface area (Å²) in [5, 5.41) is 19.2. The SMILES string of the molecule is CC1(O)CN(c2cnc(C(=O)O)cc2-n2cnc(C3CC3)c2)C1. The number of nitrogens with zero attached hydrogens (tertiary/aromatic N) is 4. The number of carboxylic acid groups (broad SMARTS) is 1. The number of anilines is 1. The van der Waals surface area contributed by atoms with E-state index in [1.165, 1.54) is 0 Å². The van der Waals surface area contributed by atoms with Gasteiger partial charge in [0.15, 0.2) is 0 Å². The first kappa shape index (κ1) is 14.2. The third-order valence-corrected chi connectivity index (χ3v) is 4.36. The van der Waals surface area contributed by atoms with Crippen LogP contribution in [-0.4, -0.2) is 49.4 Å². The number of β-amino-alcohol motifs (C(OH)–C–C–N with tert-alkyl or cyclic N) is 1. The van der Waals surface area contributed by atoms with Crippen molar-refractivity contribution in [3.05, 3.63) is 36.2 Å². The lowest BCUT2D eigenvalue weighted by atomic mass is 9.96. The number of aliphatic hydroxyl groups is 1. The molecule has 1 aliphatic carbocycles. The maximum atomic E-state index is 11.2. The highest BCUT2D eigenvalue weighted by Crippen LogP contribution is 2.40. The molecule has 1 saturated carbocycles. The Bertz CT molecular complexity index is 771. The zero-order chi connectivity index (χ0) is 16.2. The van der Waals surface area contributed by atoms with Gasteiger partial charge in [-0.05, 0) is 25.8 Å². The summed E-state index contributed by atoms with van der Waals surface area (Å²) in [5.41, 5.74) is 1.86. The van der Waals surface area contributed by atoms with Gasteiger partial charge in [0.05, 0.1) is 35.2 Å². The van der Waals surface area contributed by atoms with Crippen molar-refractivity contribution in [1.29, 1.82) is 0 Å². The molecule has 7 heteroatoms. The van der Waals surface area contributed by atoms with Gasteiger partial charge in [-0.2, -0.15) is 0 Å². The number of carbonyl (C=O) groups is 1. The molecule has 2 fully saturated rings. The second-order valence-electron chi connectivity index (χ2n) is 6.70. The third kappa shape index (κ3) is 2.57. The van der Waals surface area contributed by atoms with E-state index in [1.54, 1.807) is 25.5 Å². The number of rotatable bonds is 4. The highest BCUT2D eigenvalue weighted by Gasteiger charge is 2.38. The van der Waals surface area contributed by atoms with Crippen LogP contribution in [0.15, 0.2) is 24.8 Å². The smallest absolute Gasteiger partial charge is 0.354 e. The van der Waals surface area contributed by atoms with Crippen molar-refractivity contribution < 1.29 is 15.0 Å². The predicted octanol–water partition coefficient (Wildman–Crippen LogP) is 1.41. The quantitative estimate of drug-likeness (QED) is 0.886. The number of hydrogen-bond acceptors (Lipinski definition) is 5. The first-order valence-corrected chi connectivity index (χ1v) is 7.68. The Morgan fingerprint density at radius 3 is 2.65 bits per heavy atom. The van der Waals surface area contributed by atoms with Gasteiger partial charge in [0.25, 0.3) is 0 Å². The van der Waals surface area contributed by atoms with Crippen LogP contribution >= 0.6 is 0 Å². The van der Waals surface area contributed by atoms with Crippen molar-refractivity contribution in [3.8, 4) is 5.69 Å². The summed E-state index contributed by atoms with van der Waals surface area (Å²) in [6.07, 6.45) is 7.56. The van der Waals surface area contributed by atoms with Crippen molar-refractivity contribution in [2.45, 2.75) is 31.3 Å². The van der Waals surface area contributed by atoms with Gasteiger partial charge in [-0.3, -0.25) is 0 Å². The molecule has 1 aliphatic heterocycles. The predicted molar refractivity (Wildman–Crippen MR) is 83.1 cm³/mol. The molecule has 0 radical (unpaired) electrons. The normalized spacial score (nSPS) is 19.5. The Balaban J connectivity index is 1.74. The molecule has 7 nitrogen and oxygen atoms in total. The Hall–Kier alpha value is -2.41. The first-order chi connectivity index (χ1) is 10.9. The van der Waals surface area contributed by atoms with Crippen molar-refractivity contribution in [2.75, 3.05) is 18.0 Å². The molecule has 0 amide bonds. The number of imidazole rings is 1. The third-order valence-electron chi connectivity index (χ3n) is 4.36. The molecule has 0 bridgehead atoms. The molecule has 23 heavy (non-hydrogen) atoms. The molecule has 4 rings (SSSR count). The summed E-state index contributed by atoms with van der Waals surface area (Å²) < 4.78 is 1.85. The van der Waals surface area contributed by atoms with Crippen molar-refractivity contribution >= 4 is 11.7 Å². The summed E-state index contributed by atoms with van der Waals surface area (Å²) in [4.78, 5) is 21.7. The fourth-order valence-corrected chi connectivity index (χ4v) is 3.01. The van der Waals surface area contributed by atoms with Crippen LogP contribution in [0.5, 0.6) is 0 Å². The molecule has 0 aromatic carbocycles. The van der Waals surface area contributed by atoms with E-state index in [0.29, 0.717) is 19.0 Å². The van der Waals surface area contributed by atoms with Gasteiger partial charge in [0, 0.05) is 25.2 Å². The maximum Gasteiger partial charge on any atom is 0.354 e. The Morgan fingerprint density at radius 2 is 2.04 bits per heavy atom. The molecular formula is C16H18N4O3. The van der Waals surface area contributed by atoms with Crippen LogP contribution in [0.2, 0.25) is 0 Å². The second-order valence-corrected chi connectivity index (χ2v) is 6.70. The minimum Gasteiger partial charge on any atom is -0.477 e. The van der Waals surface area contributed by atoms with Crippen LogP contribution in [0, 0.1) is 0 Å². The number of hydrogen-bond donors (Lipinski definition) is 2. The van der Waals surface area contributed by atoms with Gasteiger partial charge in [-0.1, -0.05) is 0 Å². The van der Waals surface area contributed by atoms with Gasteiger partial charge in [0.1, 0.15) is 5.69 Å². The van der Waals surface area contributed by atoms with Gasteiger partial charge >= 0.3 is 5.97 Å². The molecule has 0 spiro atoms. The molecule has 0 atom stereocenters. The molecule has 2 N–H and O–H groups in total. The molecule has 120 valence electrons. The summed E-state index contributed by atoms with van der Waals surface area (Å²) >= 11 is 0. The molecule has 3 heterocycles. The van der Waals surface area contributed by atoms with Crippen molar-refractivity contribution in [1.82, 2.24) is 14.5 Å². The monoisotopic (exact) mass is 314 g/mol. The van der Waals surface area contributed by atoms with E-state index < -0.39 is 11.6 Å². The van der Waals surface area contributed by atoms with Crippen LogP contribution in [0.25, 0.3) is 5.69 Å². The topological polar surface area (TPSA) is 91.5 Å². The van der Waals surface area contributed by atoms with Crippen molar-refractivity contribution in [3.63, 3.8) is 0 Å². The Labute approximate surface area is 133 Å². The number of carboxylic acids is 1. The minimum atomic E-state index is -1.06. The summed E-state index contributed by atoms with van der Waals surface area (Å²) in [5.74, 6) is -0.527. The lowest BCUT2D eigenvalue weighted by molar-refractivity contribution is 0.0309. The van der Waals surface area contributed by atoms with E-state index in [2.05, 4.69) is 9.97 Å². The Kier molecular flexibility index (Phi) is 2.96. The van der Waals surface area contributed by atoms with E-state index in [0.717, 1.165) is 29.9 Å². The lowest BCUT2D eigenvalue weighted by Gasteiger charge is -2.46. The zero-order valence-electron chi connectivity index (χ0n) is 12.8. The van der Waals surface area contributed by atoms with Crippen LogP contribution in [-0.2, 0) is 0 Å². The standard InChI is InChI=1S/C16H18N4O3/c1-16(23)7-20(8-16)14-5-17-11(15(21)22)4-13(14)19-6-12(18-9-19)10-2-3-10/h4-6,9-10,23H,2-3,7-8H2,1H3,(H,21,22). The van der Waals surface area contributed by atoms with Crippen LogP contribution in [0.1, 0.15) is 41.9 Å². The van der Waals surface area contributed by atoms with Gasteiger partial charge in [-0.15, -0.1) is 0 Å². The number of pyridine rings is 1. The molecule has 2 aromatic rings. The number of aromatic carboxylic acids is 1. The average Bonchev–Trinajstić information content (AvgIpc) is 3.22. The Morgan fingerprint density at radius 1 is 1.30 bits per heavy atom. The highest BCUT2D eigenvalue weighted by atomic mass is 16.4. The van der Waals surface area contributed by atoms with E-state index in [-0.39, 0.29) is 5.69 Å². The van der Waals surface area contributed by atoms with Gasteiger partial charge < -0.3 is 19.7 Å². The molecule has 2 aliphatic rings. The largest absolute Gasteiger partial charge is 0.477 e. The molecule has 0 unspecified atom stereocenters. The average molecular weight is 314 g/mol. The lowest BCUT2D eigenvalue weighted by Crippen LogP contribution is -2.60. The summed E-state index contributed by atoms with van der Waals surface area (Å²) in [7, 11) is 0. The highest BCUT2D eigenvalue weighted by molar-refractivity contribution is 5.87. The first-order valence-electron chi connectivity index (χ1n) is 7.68. The zero-order valence-corrected chi connectivity index (χ0v) is 12.8. The fourth-order valence-electron chi connectivity index (χ4n) is 3.01. The molecule has 1 saturated heterocycles. The molecular weight excluding hydrogens is 296 g/mol. The van der Waals surface area contributed by atoms with E-state index in [1.807, 2.05) is 15.7 Å². The van der Waals surface area contributed by atoms with Crippen LogP contribution < -0.4 is 4.90 Å². The fraction of sp³-hybridized carbons (Fsp3) is 0.438. The summed E-state index contributed by atoms with van der Waals surface area (Å²) in [6.45, 7) is 2.78. The van der Waals surface area contributed by atoms with E-state index in [9.17, 15) is 15.0 Å². The maximum absolute atomic E-state index is 11.2. The second kappa shape index (κ2) is 4.79. The van der Waals surface area contributed by atoms with E-state index >= 15 is 0 Å². The minimum absolute atomic E-state index is 0.00212. The van der Waals surface area contributed by atoms with Gasteiger partial charge in [-0.25, -0.2) is 14.8 Å².